The zero-order chi connectivity index (χ0) is 22.4. The van der Waals surface area contributed by atoms with Gasteiger partial charge in [0, 0.05) is 42.3 Å². The molecular weight excluding hydrogens is 408 g/mol. The Balaban J connectivity index is 1.36. The SMILES string of the molecule is COc1ccc2[nH]c3c(c2c1)CCN([C@@H]1CC(=O)N(c2ccc(NC(C)=O)cc2)C1=O)C3. The monoisotopic (exact) mass is 432 g/mol. The lowest BCUT2D eigenvalue weighted by molar-refractivity contribution is -0.123. The molecule has 2 aliphatic heterocycles. The number of hydrogen-bond acceptors (Lipinski definition) is 5. The van der Waals surface area contributed by atoms with Crippen LogP contribution in [0, 0.1) is 0 Å². The van der Waals surface area contributed by atoms with Crippen LogP contribution in [-0.4, -0.2) is 47.3 Å². The van der Waals surface area contributed by atoms with Crippen molar-refractivity contribution in [3.05, 3.63) is 53.7 Å². The van der Waals surface area contributed by atoms with Crippen LogP contribution in [0.15, 0.2) is 42.5 Å². The van der Waals surface area contributed by atoms with Gasteiger partial charge in [-0.05, 0) is 54.4 Å². The van der Waals surface area contributed by atoms with Crippen molar-refractivity contribution in [2.45, 2.75) is 32.4 Å². The first-order chi connectivity index (χ1) is 15.4. The van der Waals surface area contributed by atoms with Crippen molar-refractivity contribution in [2.24, 2.45) is 0 Å². The van der Waals surface area contributed by atoms with E-state index < -0.39 is 6.04 Å². The molecule has 3 heterocycles. The van der Waals surface area contributed by atoms with Crippen LogP contribution in [-0.2, 0) is 27.3 Å². The number of H-pyrrole nitrogens is 1. The van der Waals surface area contributed by atoms with Crippen LogP contribution in [0.4, 0.5) is 11.4 Å². The maximum absolute atomic E-state index is 13.2. The van der Waals surface area contributed by atoms with Crippen molar-refractivity contribution in [3.63, 3.8) is 0 Å². The summed E-state index contributed by atoms with van der Waals surface area (Å²) in [7, 11) is 1.66. The number of anilines is 2. The molecule has 0 unspecified atom stereocenters. The summed E-state index contributed by atoms with van der Waals surface area (Å²) >= 11 is 0. The fourth-order valence-electron chi connectivity index (χ4n) is 4.70. The van der Waals surface area contributed by atoms with Gasteiger partial charge < -0.3 is 15.0 Å². The smallest absolute Gasteiger partial charge is 0.251 e. The van der Waals surface area contributed by atoms with Crippen LogP contribution in [0.3, 0.4) is 0 Å². The van der Waals surface area contributed by atoms with E-state index >= 15 is 0 Å². The maximum atomic E-state index is 13.2. The predicted molar refractivity (Wildman–Crippen MR) is 121 cm³/mol. The van der Waals surface area contributed by atoms with Crippen LogP contribution in [0.5, 0.6) is 5.75 Å². The van der Waals surface area contributed by atoms with Gasteiger partial charge in [-0.25, -0.2) is 4.90 Å². The van der Waals surface area contributed by atoms with Gasteiger partial charge in [0.1, 0.15) is 5.75 Å². The number of aromatic nitrogens is 1. The summed E-state index contributed by atoms with van der Waals surface area (Å²) in [4.78, 5) is 44.0. The molecule has 1 aromatic heterocycles. The first-order valence-corrected chi connectivity index (χ1v) is 10.6. The topological polar surface area (TPSA) is 94.7 Å². The molecule has 0 aliphatic carbocycles. The Kier molecular flexibility index (Phi) is 4.94. The van der Waals surface area contributed by atoms with Gasteiger partial charge in [-0.1, -0.05) is 0 Å². The van der Waals surface area contributed by atoms with Crippen molar-refractivity contribution in [1.29, 1.82) is 0 Å². The van der Waals surface area contributed by atoms with Crippen LogP contribution in [0.25, 0.3) is 10.9 Å². The lowest BCUT2D eigenvalue weighted by atomic mass is 10.0. The van der Waals surface area contributed by atoms with Gasteiger partial charge in [-0.3, -0.25) is 19.3 Å². The molecule has 3 amide bonds. The van der Waals surface area contributed by atoms with E-state index in [1.165, 1.54) is 17.4 Å². The maximum Gasteiger partial charge on any atom is 0.251 e. The number of carbonyl (C=O) groups is 3. The highest BCUT2D eigenvalue weighted by Gasteiger charge is 2.43. The Bertz CT molecular complexity index is 1230. The molecule has 0 radical (unpaired) electrons. The summed E-state index contributed by atoms with van der Waals surface area (Å²) in [5.41, 5.74) is 4.52. The van der Waals surface area contributed by atoms with E-state index in [0.29, 0.717) is 24.5 Å². The van der Waals surface area contributed by atoms with Gasteiger partial charge in [0.15, 0.2) is 0 Å². The molecule has 2 N–H and O–H groups in total. The second kappa shape index (κ2) is 7.80. The molecule has 1 fully saturated rings. The van der Waals surface area contributed by atoms with Crippen LogP contribution in [0.2, 0.25) is 0 Å². The second-order valence-corrected chi connectivity index (χ2v) is 8.23. The average molecular weight is 432 g/mol. The van der Waals surface area contributed by atoms with Crippen LogP contribution < -0.4 is 15.0 Å². The molecule has 32 heavy (non-hydrogen) atoms. The first-order valence-electron chi connectivity index (χ1n) is 10.6. The Labute approximate surface area is 185 Å². The molecule has 5 rings (SSSR count). The normalized spacial score (nSPS) is 18.8. The van der Waals surface area contributed by atoms with E-state index in [2.05, 4.69) is 15.2 Å². The number of benzene rings is 2. The van der Waals surface area contributed by atoms with E-state index in [4.69, 9.17) is 4.74 Å². The average Bonchev–Trinajstić information content (AvgIpc) is 3.29. The van der Waals surface area contributed by atoms with Crippen molar-refractivity contribution < 1.29 is 19.1 Å². The third kappa shape index (κ3) is 3.42. The molecule has 2 aliphatic rings. The van der Waals surface area contributed by atoms with E-state index in [9.17, 15) is 14.4 Å². The number of fused-ring (bicyclic) bond motifs is 3. The number of imide groups is 1. The minimum Gasteiger partial charge on any atom is -0.497 e. The standard InChI is InChI=1S/C24H24N4O4/c1-14(29)25-15-3-5-16(6-4-15)28-23(30)12-22(24(28)31)27-10-9-18-19-11-17(32-2)7-8-20(19)26-21(18)13-27/h3-8,11,22,26H,9-10,12-13H2,1-2H3,(H,25,29)/t22-/m1/s1. The van der Waals surface area contributed by atoms with Crippen LogP contribution in [0.1, 0.15) is 24.6 Å². The Morgan fingerprint density at radius 1 is 1.16 bits per heavy atom. The minimum atomic E-state index is -0.480. The number of hydrogen-bond donors (Lipinski definition) is 2. The van der Waals surface area contributed by atoms with E-state index in [1.807, 2.05) is 18.2 Å². The summed E-state index contributed by atoms with van der Waals surface area (Å²) in [6.45, 7) is 2.72. The highest BCUT2D eigenvalue weighted by molar-refractivity contribution is 6.22. The molecule has 0 bridgehead atoms. The van der Waals surface area contributed by atoms with Gasteiger partial charge >= 0.3 is 0 Å². The van der Waals surface area contributed by atoms with Crippen molar-refractivity contribution >= 4 is 40.0 Å². The van der Waals surface area contributed by atoms with Gasteiger partial charge in [-0.15, -0.1) is 0 Å². The molecule has 8 nitrogen and oxygen atoms in total. The highest BCUT2D eigenvalue weighted by atomic mass is 16.5. The third-order valence-corrected chi connectivity index (χ3v) is 6.22. The molecule has 2 aromatic carbocycles. The Morgan fingerprint density at radius 2 is 1.94 bits per heavy atom. The summed E-state index contributed by atoms with van der Waals surface area (Å²) in [6, 6.07) is 12.2. The fourth-order valence-corrected chi connectivity index (χ4v) is 4.70. The van der Waals surface area contributed by atoms with E-state index in [-0.39, 0.29) is 24.1 Å². The number of carbonyl (C=O) groups excluding carboxylic acids is 3. The molecule has 3 aromatic rings. The molecular formula is C24H24N4O4. The lowest BCUT2D eigenvalue weighted by Crippen LogP contribution is -2.44. The molecule has 0 spiro atoms. The third-order valence-electron chi connectivity index (χ3n) is 6.22. The minimum absolute atomic E-state index is 0.162. The van der Waals surface area contributed by atoms with Crippen molar-refractivity contribution in [2.75, 3.05) is 23.9 Å². The molecule has 1 saturated heterocycles. The molecule has 0 saturated carbocycles. The van der Waals surface area contributed by atoms with Gasteiger partial charge in [0.05, 0.1) is 25.3 Å². The van der Waals surface area contributed by atoms with Gasteiger partial charge in [-0.2, -0.15) is 0 Å². The zero-order valence-electron chi connectivity index (χ0n) is 18.0. The summed E-state index contributed by atoms with van der Waals surface area (Å²) < 4.78 is 5.36. The quantitative estimate of drug-likeness (QED) is 0.619. The number of rotatable bonds is 4. The largest absolute Gasteiger partial charge is 0.497 e. The lowest BCUT2D eigenvalue weighted by Gasteiger charge is -2.30. The molecule has 8 heteroatoms. The van der Waals surface area contributed by atoms with E-state index in [1.54, 1.807) is 31.4 Å². The van der Waals surface area contributed by atoms with E-state index in [0.717, 1.165) is 28.8 Å². The van der Waals surface area contributed by atoms with Crippen molar-refractivity contribution in [3.8, 4) is 5.75 Å². The summed E-state index contributed by atoms with van der Waals surface area (Å²) in [5, 5.41) is 3.83. The van der Waals surface area contributed by atoms with Crippen molar-refractivity contribution in [1.82, 2.24) is 9.88 Å². The molecule has 1 atom stereocenters. The Hall–Kier alpha value is -3.65. The highest BCUT2D eigenvalue weighted by Crippen LogP contribution is 2.33. The summed E-state index contributed by atoms with van der Waals surface area (Å²) in [5.74, 6) is 0.229. The van der Waals surface area contributed by atoms with Crippen LogP contribution >= 0.6 is 0 Å². The zero-order valence-corrected chi connectivity index (χ0v) is 18.0. The second-order valence-electron chi connectivity index (χ2n) is 8.23. The first kappa shape index (κ1) is 20.3. The number of amides is 3. The number of nitrogens with one attached hydrogen (secondary N) is 2. The predicted octanol–water partition coefficient (Wildman–Crippen LogP) is 2.83. The van der Waals surface area contributed by atoms with Gasteiger partial charge in [0.25, 0.3) is 5.91 Å². The fraction of sp³-hybridized carbons (Fsp3) is 0.292. The Morgan fingerprint density at radius 3 is 2.66 bits per heavy atom. The van der Waals surface area contributed by atoms with Gasteiger partial charge in [0.2, 0.25) is 11.8 Å². The number of aromatic amines is 1. The number of methoxy groups -OCH3 is 1. The molecule has 164 valence electrons. The summed E-state index contributed by atoms with van der Waals surface area (Å²) in [6.07, 6.45) is 0.960. The number of nitrogens with zero attached hydrogens (tertiary/aromatic N) is 2. The number of ether oxygens (including phenoxy) is 1.